The number of carbonyl (C=O) groups excluding carboxylic acids is 1. The van der Waals surface area contributed by atoms with Gasteiger partial charge in [-0.3, -0.25) is 4.79 Å². The van der Waals surface area contributed by atoms with Crippen LogP contribution >= 0.6 is 0 Å². The highest BCUT2D eigenvalue weighted by molar-refractivity contribution is 6.58. The van der Waals surface area contributed by atoms with E-state index >= 15 is 8.63 Å². The van der Waals surface area contributed by atoms with Gasteiger partial charge in [0.25, 0.3) is 0 Å². The van der Waals surface area contributed by atoms with Crippen LogP contribution in [0.1, 0.15) is 35.0 Å². The van der Waals surface area contributed by atoms with E-state index in [1.165, 1.54) is 38.5 Å². The number of anilines is 1. The summed E-state index contributed by atoms with van der Waals surface area (Å²) in [7, 11) is 1.45. The molecule has 3 heterocycles. The summed E-state index contributed by atoms with van der Waals surface area (Å²) < 4.78 is 53.3. The summed E-state index contributed by atoms with van der Waals surface area (Å²) in [6, 6.07) is 13.2. The molecule has 0 fully saturated rings. The number of nitrogens with zero attached hydrogens (tertiary/aromatic N) is 2. The lowest BCUT2D eigenvalue weighted by molar-refractivity contribution is -0.356. The summed E-state index contributed by atoms with van der Waals surface area (Å²) in [5.74, 6) is -0.331. The third kappa shape index (κ3) is 3.86. The lowest BCUT2D eigenvalue weighted by Gasteiger charge is -2.32. The number of allylic oxidation sites excluding steroid dienone is 2. The minimum Gasteiger partial charge on any atom is -0.497 e. The largest absolute Gasteiger partial charge is 0.737 e. The number of fused-ring (bicyclic) bond motifs is 2. The molecule has 0 atom stereocenters. The molecule has 3 aromatic rings. The number of halogens is 3. The molecule has 5 rings (SSSR count). The van der Waals surface area contributed by atoms with Gasteiger partial charge in [-0.25, -0.2) is 4.39 Å². The summed E-state index contributed by atoms with van der Waals surface area (Å²) in [6.45, 7) is -0.992. The van der Waals surface area contributed by atoms with Gasteiger partial charge >= 0.3 is 6.97 Å². The molecule has 36 heavy (non-hydrogen) atoms. The fraction of sp³-hybridized carbons (Fsp3) is 0.111. The number of methoxy groups -OCH3 is 1. The standard InChI is InChI=1S/C27H23BF3N3O2/c1-17-15-22(12-8-19-9-13-23(36-3)16-24(19)29)34-27(17)26(25-5-4-14-33(25)28(34,30)31)20-6-10-21(11-7-20)32-18(2)35/h4-16H,1-3H3,(H,32,35)/b12-8+. The average Bonchev–Trinajstić information content (AvgIpc) is 3.45. The zero-order valence-electron chi connectivity index (χ0n) is 19.9. The van der Waals surface area contributed by atoms with E-state index < -0.39 is 12.8 Å². The van der Waals surface area contributed by atoms with Crippen LogP contribution in [0.3, 0.4) is 0 Å². The maximum Gasteiger partial charge on any atom is 0.737 e. The van der Waals surface area contributed by atoms with Gasteiger partial charge < -0.3 is 27.6 Å². The Hall–Kier alpha value is -4.27. The number of carbonyl (C=O) groups is 1. The minimum atomic E-state index is -4.20. The molecule has 1 aromatic heterocycles. The monoisotopic (exact) mass is 489 g/mol. The number of hydrogen-bond donors (Lipinski definition) is 1. The van der Waals surface area contributed by atoms with Gasteiger partial charge in [0, 0.05) is 47.8 Å². The molecule has 1 amide bonds. The van der Waals surface area contributed by atoms with Gasteiger partial charge in [0.2, 0.25) is 5.91 Å². The molecule has 5 nitrogen and oxygen atoms in total. The van der Waals surface area contributed by atoms with Crippen molar-refractivity contribution in [1.82, 2.24) is 4.48 Å². The quantitative estimate of drug-likeness (QED) is 0.466. The average molecular weight is 489 g/mol. The second-order valence-electron chi connectivity index (χ2n) is 8.71. The molecule has 0 bridgehead atoms. The van der Waals surface area contributed by atoms with Gasteiger partial charge in [0.15, 0.2) is 5.70 Å². The number of aryl methyl sites for hydroxylation is 1. The van der Waals surface area contributed by atoms with E-state index in [9.17, 15) is 9.18 Å². The molecule has 2 aliphatic heterocycles. The predicted octanol–water partition coefficient (Wildman–Crippen LogP) is 5.72. The summed E-state index contributed by atoms with van der Waals surface area (Å²) >= 11 is 0. The van der Waals surface area contributed by atoms with E-state index in [0.717, 1.165) is 14.5 Å². The Morgan fingerprint density at radius 1 is 1.11 bits per heavy atom. The van der Waals surface area contributed by atoms with Crippen LogP contribution < -0.4 is 10.1 Å². The number of amides is 1. The SMILES string of the molecule is COc1ccc(/C=C/c2cc(C)c3n2[B-](F)(F)[N+]2=CC=CC2=C3c2ccc(NC(C)=O)cc2)c(F)c1. The van der Waals surface area contributed by atoms with Gasteiger partial charge in [-0.2, -0.15) is 0 Å². The summed E-state index contributed by atoms with van der Waals surface area (Å²) in [5.41, 5.74) is 3.98. The molecular formula is C27H23BF3N3O2. The van der Waals surface area contributed by atoms with E-state index in [1.54, 1.807) is 61.5 Å². The highest BCUT2D eigenvalue weighted by Gasteiger charge is 2.53. The van der Waals surface area contributed by atoms with Crippen LogP contribution in [0.2, 0.25) is 0 Å². The topological polar surface area (TPSA) is 46.3 Å². The lowest BCUT2D eigenvalue weighted by Crippen LogP contribution is -2.50. The molecule has 0 radical (unpaired) electrons. The first-order valence-corrected chi connectivity index (χ1v) is 11.4. The van der Waals surface area contributed by atoms with Crippen molar-refractivity contribution >= 4 is 42.5 Å². The first-order chi connectivity index (χ1) is 17.2. The van der Waals surface area contributed by atoms with Gasteiger partial charge in [0.1, 0.15) is 17.8 Å². The molecule has 2 aliphatic rings. The highest BCUT2D eigenvalue weighted by atomic mass is 19.2. The number of rotatable bonds is 5. The highest BCUT2D eigenvalue weighted by Crippen LogP contribution is 2.42. The zero-order chi connectivity index (χ0) is 25.6. The first-order valence-electron chi connectivity index (χ1n) is 11.4. The van der Waals surface area contributed by atoms with Crippen molar-refractivity contribution in [3.05, 3.63) is 100 Å². The van der Waals surface area contributed by atoms with Crippen LogP contribution in [0.4, 0.5) is 18.7 Å². The van der Waals surface area contributed by atoms with Crippen LogP contribution in [-0.4, -0.2) is 35.2 Å². The fourth-order valence-corrected chi connectivity index (χ4v) is 4.74. The summed E-state index contributed by atoms with van der Waals surface area (Å²) in [5, 5.41) is 2.72. The van der Waals surface area contributed by atoms with Crippen LogP contribution in [0.15, 0.2) is 66.4 Å². The Labute approximate surface area is 206 Å². The van der Waals surface area contributed by atoms with E-state index in [2.05, 4.69) is 5.32 Å². The fourth-order valence-electron chi connectivity index (χ4n) is 4.74. The van der Waals surface area contributed by atoms with Crippen LogP contribution in [0.25, 0.3) is 17.7 Å². The normalized spacial score (nSPS) is 15.7. The van der Waals surface area contributed by atoms with Crippen LogP contribution in [-0.2, 0) is 4.79 Å². The van der Waals surface area contributed by atoms with Crippen molar-refractivity contribution in [3.8, 4) is 5.75 Å². The molecule has 2 aromatic carbocycles. The number of hydrogen-bond acceptors (Lipinski definition) is 2. The van der Waals surface area contributed by atoms with Crippen molar-refractivity contribution in [3.63, 3.8) is 0 Å². The Morgan fingerprint density at radius 3 is 2.53 bits per heavy atom. The van der Waals surface area contributed by atoms with E-state index in [4.69, 9.17) is 4.74 Å². The zero-order valence-corrected chi connectivity index (χ0v) is 19.9. The number of aromatic nitrogens is 1. The third-order valence-electron chi connectivity index (χ3n) is 6.31. The number of nitrogens with one attached hydrogen (secondary N) is 1. The van der Waals surface area contributed by atoms with E-state index in [-0.39, 0.29) is 17.2 Å². The maximum atomic E-state index is 15.9. The van der Waals surface area contributed by atoms with Crippen molar-refractivity contribution < 1.29 is 27.0 Å². The molecule has 0 saturated carbocycles. The summed E-state index contributed by atoms with van der Waals surface area (Å²) in [6.07, 6.45) is 7.63. The molecule has 0 saturated heterocycles. The van der Waals surface area contributed by atoms with Crippen molar-refractivity contribution in [1.29, 1.82) is 0 Å². The number of ether oxygens (including phenoxy) is 1. The Morgan fingerprint density at radius 2 is 1.86 bits per heavy atom. The van der Waals surface area contributed by atoms with Crippen LogP contribution in [0, 0.1) is 12.7 Å². The first kappa shape index (κ1) is 23.5. The minimum absolute atomic E-state index is 0.196. The molecule has 9 heteroatoms. The molecular weight excluding hydrogens is 466 g/mol. The molecule has 182 valence electrons. The predicted molar refractivity (Wildman–Crippen MR) is 137 cm³/mol. The van der Waals surface area contributed by atoms with E-state index in [0.29, 0.717) is 34.0 Å². The van der Waals surface area contributed by atoms with E-state index in [1.807, 2.05) is 0 Å². The molecule has 0 unspecified atom stereocenters. The Balaban J connectivity index is 1.64. The van der Waals surface area contributed by atoms with Gasteiger partial charge in [-0.05, 0) is 54.5 Å². The number of benzene rings is 2. The van der Waals surface area contributed by atoms with Crippen LogP contribution in [0.5, 0.6) is 5.75 Å². The smallest absolute Gasteiger partial charge is 0.497 e. The lowest BCUT2D eigenvalue weighted by atomic mass is 9.85. The van der Waals surface area contributed by atoms with Gasteiger partial charge in [-0.15, -0.1) is 0 Å². The Kier molecular flexibility index (Phi) is 5.70. The molecule has 1 N–H and O–H groups in total. The maximum absolute atomic E-state index is 15.9. The third-order valence-corrected chi connectivity index (χ3v) is 6.31. The molecule has 0 spiro atoms. The van der Waals surface area contributed by atoms with Gasteiger partial charge in [-0.1, -0.05) is 18.2 Å². The Bertz CT molecular complexity index is 1520. The van der Waals surface area contributed by atoms with Crippen molar-refractivity contribution in [2.75, 3.05) is 12.4 Å². The summed E-state index contributed by atoms with van der Waals surface area (Å²) in [4.78, 5) is 11.4. The van der Waals surface area contributed by atoms with Gasteiger partial charge in [0.05, 0.1) is 12.7 Å². The second kappa shape index (κ2) is 8.75. The molecule has 0 aliphatic carbocycles. The van der Waals surface area contributed by atoms with Crippen molar-refractivity contribution in [2.24, 2.45) is 0 Å². The van der Waals surface area contributed by atoms with Crippen molar-refractivity contribution in [2.45, 2.75) is 13.8 Å². The second-order valence-corrected chi connectivity index (χ2v) is 8.71.